The molecule has 178 valence electrons. The Bertz CT molecular complexity index is 1190. The molecule has 3 aromatic rings. The van der Waals surface area contributed by atoms with E-state index in [0.717, 1.165) is 47.9 Å². The lowest BCUT2D eigenvalue weighted by Gasteiger charge is -2.32. The molecule has 0 spiro atoms. The highest BCUT2D eigenvalue weighted by molar-refractivity contribution is 6.00. The maximum absolute atomic E-state index is 13.7. The van der Waals surface area contributed by atoms with E-state index in [1.54, 1.807) is 12.1 Å². The van der Waals surface area contributed by atoms with Crippen LogP contribution < -0.4 is 10.2 Å². The van der Waals surface area contributed by atoms with E-state index in [1.807, 2.05) is 35.0 Å². The highest BCUT2D eigenvalue weighted by Gasteiger charge is 2.38. The average molecular weight is 465 g/mol. The summed E-state index contributed by atoms with van der Waals surface area (Å²) >= 11 is 0. The molecule has 2 aromatic carbocycles. The van der Waals surface area contributed by atoms with Crippen LogP contribution in [0.5, 0.6) is 0 Å². The zero-order chi connectivity index (χ0) is 24.0. The van der Waals surface area contributed by atoms with Crippen molar-refractivity contribution in [3.8, 4) is 0 Å². The number of anilines is 3. The summed E-state index contributed by atoms with van der Waals surface area (Å²) in [5.74, 6) is 0.359. The van der Waals surface area contributed by atoms with E-state index in [1.165, 1.54) is 12.1 Å². The molecule has 1 aromatic heterocycles. The third kappa shape index (κ3) is 4.13. The molecule has 34 heavy (non-hydrogen) atoms. The molecule has 0 amide bonds. The van der Waals surface area contributed by atoms with Crippen LogP contribution in [0.1, 0.15) is 37.5 Å². The molecular formula is C26H30F2N6. The summed E-state index contributed by atoms with van der Waals surface area (Å²) in [5, 5.41) is 8.57. The first-order valence-corrected chi connectivity index (χ1v) is 11.7. The Hall–Kier alpha value is -3.42. The summed E-state index contributed by atoms with van der Waals surface area (Å²) in [5.41, 5.74) is 2.99. The van der Waals surface area contributed by atoms with Gasteiger partial charge >= 0.3 is 0 Å². The Labute approximate surface area is 198 Å². The average Bonchev–Trinajstić information content (AvgIpc) is 3.38. The molecule has 0 radical (unpaired) electrons. The predicted molar refractivity (Wildman–Crippen MR) is 132 cm³/mol. The number of guanidine groups is 1. The maximum atomic E-state index is 13.7. The molecule has 2 aliphatic heterocycles. The third-order valence-corrected chi connectivity index (χ3v) is 6.51. The van der Waals surface area contributed by atoms with Crippen LogP contribution >= 0.6 is 0 Å². The van der Waals surface area contributed by atoms with Gasteiger partial charge in [-0.15, -0.1) is 0 Å². The maximum Gasteiger partial charge on any atom is 0.270 e. The van der Waals surface area contributed by atoms with Crippen molar-refractivity contribution in [2.75, 3.05) is 23.8 Å². The molecule has 0 bridgehead atoms. The second kappa shape index (κ2) is 8.42. The number of hydrogen-bond donors (Lipinski definition) is 1. The molecule has 3 heterocycles. The van der Waals surface area contributed by atoms with Gasteiger partial charge in [-0.2, -0.15) is 5.10 Å². The van der Waals surface area contributed by atoms with Gasteiger partial charge in [0.05, 0.1) is 31.2 Å². The number of nitrogens with one attached hydrogen (secondary N) is 1. The van der Waals surface area contributed by atoms with Gasteiger partial charge < -0.3 is 10.2 Å². The summed E-state index contributed by atoms with van der Waals surface area (Å²) in [7, 11) is 2.06. The fourth-order valence-electron chi connectivity index (χ4n) is 4.52. The number of aromatic nitrogens is 2. The number of nitrogens with zero attached hydrogens (tertiary/aromatic N) is 5. The summed E-state index contributed by atoms with van der Waals surface area (Å²) in [6.07, 6.45) is 0. The lowest BCUT2D eigenvalue weighted by Crippen LogP contribution is -2.44. The molecule has 0 unspecified atom stereocenters. The topological polar surface area (TPSA) is 48.7 Å². The number of rotatable bonds is 6. The minimum atomic E-state index is -2.85. The van der Waals surface area contributed by atoms with Crippen molar-refractivity contribution in [1.82, 2.24) is 14.7 Å². The number of hydrogen-bond acceptors (Lipinski definition) is 5. The van der Waals surface area contributed by atoms with E-state index in [9.17, 15) is 8.78 Å². The smallest absolute Gasteiger partial charge is 0.270 e. The Morgan fingerprint density at radius 2 is 1.79 bits per heavy atom. The van der Waals surface area contributed by atoms with Crippen molar-refractivity contribution >= 4 is 23.3 Å². The molecule has 0 saturated carbocycles. The van der Waals surface area contributed by atoms with Gasteiger partial charge in [-0.25, -0.2) is 18.5 Å². The predicted octanol–water partition coefficient (Wildman–Crippen LogP) is 5.43. The van der Waals surface area contributed by atoms with Gasteiger partial charge in [0.15, 0.2) is 5.82 Å². The molecule has 0 saturated heterocycles. The first kappa shape index (κ1) is 22.4. The Balaban J connectivity index is 1.53. The number of alkyl halides is 2. The van der Waals surface area contributed by atoms with E-state index in [4.69, 9.17) is 10.1 Å². The molecule has 6 nitrogen and oxygen atoms in total. The van der Waals surface area contributed by atoms with Gasteiger partial charge in [0.1, 0.15) is 5.82 Å². The van der Waals surface area contributed by atoms with Gasteiger partial charge in [-0.05, 0) is 23.6 Å². The largest absolute Gasteiger partial charge is 0.341 e. The summed E-state index contributed by atoms with van der Waals surface area (Å²) < 4.78 is 29.3. The molecule has 5 rings (SSSR count). The molecule has 0 fully saturated rings. The number of para-hydroxylation sites is 1. The van der Waals surface area contributed by atoms with Crippen LogP contribution in [0.2, 0.25) is 0 Å². The standard InChI is InChI=1S/C26H30F2N6/c1-17(2)22-16-33-24-21(15-32(4)25(33)30-22)23(29-20-8-6-5-7-9-20)34(31-24)14-18-10-12-19(13-11-18)26(3,27)28/h5-13,17,22,29H,14-16H2,1-4H3/t22-/m0/s1. The lowest BCUT2D eigenvalue weighted by atomic mass is 10.1. The first-order valence-electron chi connectivity index (χ1n) is 11.7. The van der Waals surface area contributed by atoms with E-state index in [-0.39, 0.29) is 11.6 Å². The first-order chi connectivity index (χ1) is 16.2. The van der Waals surface area contributed by atoms with Crippen LogP contribution in [0.3, 0.4) is 0 Å². The Morgan fingerprint density at radius 3 is 2.44 bits per heavy atom. The van der Waals surface area contributed by atoms with Gasteiger partial charge in [0.25, 0.3) is 5.92 Å². The summed E-state index contributed by atoms with van der Waals surface area (Å²) in [6.45, 7) is 7.26. The van der Waals surface area contributed by atoms with Crippen molar-refractivity contribution in [3.05, 3.63) is 71.3 Å². The molecule has 1 atom stereocenters. The van der Waals surface area contributed by atoms with Gasteiger partial charge in [-0.3, -0.25) is 4.90 Å². The molecule has 2 aliphatic rings. The third-order valence-electron chi connectivity index (χ3n) is 6.51. The second-order valence-corrected chi connectivity index (χ2v) is 9.59. The molecular weight excluding hydrogens is 434 g/mol. The fourth-order valence-corrected chi connectivity index (χ4v) is 4.52. The van der Waals surface area contributed by atoms with E-state index < -0.39 is 5.92 Å². The van der Waals surface area contributed by atoms with E-state index in [2.05, 4.69) is 36.0 Å². The number of halogens is 2. The van der Waals surface area contributed by atoms with Crippen molar-refractivity contribution in [3.63, 3.8) is 0 Å². The number of benzene rings is 2. The monoisotopic (exact) mass is 464 g/mol. The molecule has 8 heteroatoms. The number of aliphatic imine (C=N–C) groups is 1. The van der Waals surface area contributed by atoms with E-state index in [0.29, 0.717) is 19.0 Å². The van der Waals surface area contributed by atoms with Crippen molar-refractivity contribution in [2.24, 2.45) is 10.9 Å². The van der Waals surface area contributed by atoms with Gasteiger partial charge in [-0.1, -0.05) is 56.3 Å². The van der Waals surface area contributed by atoms with Gasteiger partial charge in [0, 0.05) is 25.2 Å². The highest BCUT2D eigenvalue weighted by atomic mass is 19.3. The van der Waals surface area contributed by atoms with Gasteiger partial charge in [0.2, 0.25) is 5.96 Å². The Kier molecular flexibility index (Phi) is 5.54. The fraction of sp³-hybridized carbons (Fsp3) is 0.385. The zero-order valence-corrected chi connectivity index (χ0v) is 20.0. The van der Waals surface area contributed by atoms with Crippen LogP contribution in [-0.4, -0.2) is 40.3 Å². The highest BCUT2D eigenvalue weighted by Crippen LogP contribution is 2.38. The van der Waals surface area contributed by atoms with E-state index >= 15 is 0 Å². The lowest BCUT2D eigenvalue weighted by molar-refractivity contribution is 0.0174. The van der Waals surface area contributed by atoms with Crippen molar-refractivity contribution in [2.45, 2.75) is 45.8 Å². The molecule has 1 N–H and O–H groups in total. The van der Waals surface area contributed by atoms with Crippen LogP contribution in [0, 0.1) is 5.92 Å². The SMILES string of the molecule is CC(C)[C@@H]1CN2C(=N1)N(C)Cc1c2nn(Cc2ccc(C(C)(F)F)cc2)c1Nc1ccccc1. The molecule has 0 aliphatic carbocycles. The van der Waals surface area contributed by atoms with Crippen LogP contribution in [-0.2, 0) is 19.0 Å². The summed E-state index contributed by atoms with van der Waals surface area (Å²) in [6, 6.07) is 16.7. The van der Waals surface area contributed by atoms with Crippen LogP contribution in [0.4, 0.5) is 26.1 Å². The minimum Gasteiger partial charge on any atom is -0.341 e. The van der Waals surface area contributed by atoms with Crippen LogP contribution in [0.15, 0.2) is 59.6 Å². The second-order valence-electron chi connectivity index (χ2n) is 9.59. The number of fused-ring (bicyclic) bond motifs is 3. The minimum absolute atomic E-state index is 0.0120. The Morgan fingerprint density at radius 1 is 1.09 bits per heavy atom. The van der Waals surface area contributed by atoms with Crippen LogP contribution in [0.25, 0.3) is 0 Å². The van der Waals surface area contributed by atoms with Crippen molar-refractivity contribution in [1.29, 1.82) is 0 Å². The summed E-state index contributed by atoms with van der Waals surface area (Å²) in [4.78, 5) is 9.33. The normalized spacial score (nSPS) is 17.6. The van der Waals surface area contributed by atoms with Crippen molar-refractivity contribution < 1.29 is 8.78 Å². The zero-order valence-electron chi connectivity index (χ0n) is 20.0. The quantitative estimate of drug-likeness (QED) is 0.528.